The van der Waals surface area contributed by atoms with E-state index in [0.29, 0.717) is 18.1 Å². The third-order valence-electron chi connectivity index (χ3n) is 4.48. The lowest BCUT2D eigenvalue weighted by atomic mass is 9.95. The van der Waals surface area contributed by atoms with Gasteiger partial charge in [-0.2, -0.15) is 0 Å². The summed E-state index contributed by atoms with van der Waals surface area (Å²) in [5.41, 5.74) is 1.39. The minimum Gasteiger partial charge on any atom is -0.496 e. The van der Waals surface area contributed by atoms with E-state index in [1.54, 1.807) is 13.3 Å². The summed E-state index contributed by atoms with van der Waals surface area (Å²) >= 11 is 0. The Balaban J connectivity index is 1.55. The van der Waals surface area contributed by atoms with Gasteiger partial charge in [-0.1, -0.05) is 37.5 Å². The van der Waals surface area contributed by atoms with Gasteiger partial charge in [-0.15, -0.1) is 0 Å². The molecule has 1 fully saturated rings. The fourth-order valence-electron chi connectivity index (χ4n) is 3.08. The second-order valence-electron chi connectivity index (χ2n) is 6.26. The Bertz CT molecular complexity index is 697. The molecule has 1 heterocycles. The van der Waals surface area contributed by atoms with Gasteiger partial charge in [-0.05, 0) is 18.9 Å². The molecule has 1 aromatic carbocycles. The molecule has 0 aliphatic heterocycles. The molecular formula is C19H24N4O2. The van der Waals surface area contributed by atoms with Crippen molar-refractivity contribution in [3.05, 3.63) is 47.9 Å². The van der Waals surface area contributed by atoms with Gasteiger partial charge in [-0.25, -0.2) is 9.97 Å². The molecule has 1 aliphatic carbocycles. The van der Waals surface area contributed by atoms with Crippen LogP contribution >= 0.6 is 0 Å². The van der Waals surface area contributed by atoms with Gasteiger partial charge in [0.05, 0.1) is 19.5 Å². The van der Waals surface area contributed by atoms with Crippen molar-refractivity contribution in [1.82, 2.24) is 15.3 Å². The Morgan fingerprint density at radius 2 is 1.96 bits per heavy atom. The van der Waals surface area contributed by atoms with Crippen molar-refractivity contribution in [1.29, 1.82) is 0 Å². The van der Waals surface area contributed by atoms with Gasteiger partial charge in [0.1, 0.15) is 17.3 Å². The zero-order valence-electron chi connectivity index (χ0n) is 14.5. The number of para-hydroxylation sites is 1. The van der Waals surface area contributed by atoms with E-state index in [0.717, 1.165) is 24.2 Å². The van der Waals surface area contributed by atoms with Gasteiger partial charge in [0.2, 0.25) is 0 Å². The number of methoxy groups -OCH3 is 1. The summed E-state index contributed by atoms with van der Waals surface area (Å²) in [6, 6.07) is 8.07. The molecule has 0 saturated heterocycles. The second-order valence-corrected chi connectivity index (χ2v) is 6.26. The smallest absolute Gasteiger partial charge is 0.271 e. The van der Waals surface area contributed by atoms with Crippen LogP contribution in [-0.2, 0) is 6.54 Å². The van der Waals surface area contributed by atoms with Gasteiger partial charge < -0.3 is 15.4 Å². The van der Waals surface area contributed by atoms with Crippen molar-refractivity contribution < 1.29 is 9.53 Å². The quantitative estimate of drug-likeness (QED) is 0.845. The SMILES string of the molecule is COc1ccccc1CNc1cnc(C(=O)NC2CCCCC2)cn1. The Morgan fingerprint density at radius 1 is 1.16 bits per heavy atom. The lowest BCUT2D eigenvalue weighted by Gasteiger charge is -2.22. The van der Waals surface area contributed by atoms with Crippen LogP contribution in [0.25, 0.3) is 0 Å². The Labute approximate surface area is 148 Å². The number of nitrogens with zero attached hydrogens (tertiary/aromatic N) is 2. The number of carbonyl (C=O) groups is 1. The lowest BCUT2D eigenvalue weighted by molar-refractivity contribution is 0.0922. The zero-order valence-corrected chi connectivity index (χ0v) is 14.5. The summed E-state index contributed by atoms with van der Waals surface area (Å²) in [7, 11) is 1.65. The predicted octanol–water partition coefficient (Wildman–Crippen LogP) is 3.16. The monoisotopic (exact) mass is 340 g/mol. The first-order chi connectivity index (χ1) is 12.3. The number of rotatable bonds is 6. The van der Waals surface area contributed by atoms with Crippen molar-refractivity contribution in [2.45, 2.75) is 44.7 Å². The lowest BCUT2D eigenvalue weighted by Crippen LogP contribution is -2.36. The number of hydrogen-bond donors (Lipinski definition) is 2. The van der Waals surface area contributed by atoms with E-state index in [1.165, 1.54) is 25.5 Å². The summed E-state index contributed by atoms with van der Waals surface area (Å²) in [5, 5.41) is 6.25. The molecule has 2 aromatic rings. The maximum absolute atomic E-state index is 12.2. The minimum atomic E-state index is -0.143. The minimum absolute atomic E-state index is 0.143. The summed E-state index contributed by atoms with van der Waals surface area (Å²) in [4.78, 5) is 20.8. The average Bonchev–Trinajstić information content (AvgIpc) is 2.67. The Kier molecular flexibility index (Phi) is 5.82. The molecule has 1 aromatic heterocycles. The normalized spacial score (nSPS) is 14.8. The molecule has 132 valence electrons. The Morgan fingerprint density at radius 3 is 2.68 bits per heavy atom. The molecule has 3 rings (SSSR count). The molecule has 0 radical (unpaired) electrons. The molecule has 25 heavy (non-hydrogen) atoms. The van der Waals surface area contributed by atoms with Gasteiger partial charge >= 0.3 is 0 Å². The fourth-order valence-corrected chi connectivity index (χ4v) is 3.08. The highest BCUT2D eigenvalue weighted by molar-refractivity contribution is 5.92. The van der Waals surface area contributed by atoms with Gasteiger partial charge in [0, 0.05) is 18.2 Å². The highest BCUT2D eigenvalue weighted by atomic mass is 16.5. The van der Waals surface area contributed by atoms with Crippen LogP contribution in [0.15, 0.2) is 36.7 Å². The first-order valence-electron chi connectivity index (χ1n) is 8.75. The highest BCUT2D eigenvalue weighted by Gasteiger charge is 2.17. The van der Waals surface area contributed by atoms with Gasteiger partial charge in [0.25, 0.3) is 5.91 Å². The topological polar surface area (TPSA) is 76.1 Å². The van der Waals surface area contributed by atoms with E-state index in [-0.39, 0.29) is 11.9 Å². The van der Waals surface area contributed by atoms with Crippen molar-refractivity contribution in [3.63, 3.8) is 0 Å². The number of amides is 1. The first kappa shape index (κ1) is 17.2. The molecule has 0 bridgehead atoms. The molecule has 2 N–H and O–H groups in total. The molecular weight excluding hydrogens is 316 g/mol. The van der Waals surface area contributed by atoms with Crippen LogP contribution in [0.2, 0.25) is 0 Å². The van der Waals surface area contributed by atoms with Crippen LogP contribution in [0.3, 0.4) is 0 Å². The summed E-state index contributed by atoms with van der Waals surface area (Å²) in [5.74, 6) is 1.31. The number of aromatic nitrogens is 2. The van der Waals surface area contributed by atoms with E-state index in [2.05, 4.69) is 20.6 Å². The van der Waals surface area contributed by atoms with Crippen LogP contribution in [0.1, 0.15) is 48.2 Å². The maximum atomic E-state index is 12.2. The molecule has 1 aliphatic rings. The van der Waals surface area contributed by atoms with Crippen LogP contribution in [-0.4, -0.2) is 29.0 Å². The molecule has 0 unspecified atom stereocenters. The van der Waals surface area contributed by atoms with E-state index in [9.17, 15) is 4.79 Å². The number of carbonyl (C=O) groups excluding carboxylic acids is 1. The number of anilines is 1. The maximum Gasteiger partial charge on any atom is 0.271 e. The van der Waals surface area contributed by atoms with E-state index < -0.39 is 0 Å². The molecule has 6 heteroatoms. The predicted molar refractivity (Wildman–Crippen MR) is 96.7 cm³/mol. The number of hydrogen-bond acceptors (Lipinski definition) is 5. The number of benzene rings is 1. The van der Waals surface area contributed by atoms with Crippen LogP contribution < -0.4 is 15.4 Å². The second kappa shape index (κ2) is 8.46. The third kappa shape index (κ3) is 4.68. The van der Waals surface area contributed by atoms with Crippen LogP contribution in [0.4, 0.5) is 5.82 Å². The molecule has 1 saturated carbocycles. The molecule has 0 spiro atoms. The zero-order chi connectivity index (χ0) is 17.5. The van der Waals surface area contributed by atoms with Gasteiger partial charge in [0.15, 0.2) is 0 Å². The van der Waals surface area contributed by atoms with E-state index in [1.807, 2.05) is 24.3 Å². The molecule has 0 atom stereocenters. The molecule has 1 amide bonds. The van der Waals surface area contributed by atoms with Crippen molar-refractivity contribution in [2.24, 2.45) is 0 Å². The van der Waals surface area contributed by atoms with Crippen molar-refractivity contribution in [3.8, 4) is 5.75 Å². The summed E-state index contributed by atoms with van der Waals surface area (Å²) in [6.45, 7) is 0.576. The summed E-state index contributed by atoms with van der Waals surface area (Å²) < 4.78 is 5.33. The standard InChI is InChI=1S/C19H24N4O2/c1-25-17-10-6-5-7-14(17)11-21-18-13-20-16(12-22-18)19(24)23-15-8-3-2-4-9-15/h5-7,10,12-13,15H,2-4,8-9,11H2,1H3,(H,21,22)(H,23,24). The largest absolute Gasteiger partial charge is 0.496 e. The number of nitrogens with one attached hydrogen (secondary N) is 2. The van der Waals surface area contributed by atoms with Crippen LogP contribution in [0.5, 0.6) is 5.75 Å². The first-order valence-corrected chi connectivity index (χ1v) is 8.75. The van der Waals surface area contributed by atoms with E-state index >= 15 is 0 Å². The van der Waals surface area contributed by atoms with Gasteiger partial charge in [-0.3, -0.25) is 4.79 Å². The summed E-state index contributed by atoms with van der Waals surface area (Å²) in [6.07, 6.45) is 8.84. The number of ether oxygens (including phenoxy) is 1. The third-order valence-corrected chi connectivity index (χ3v) is 4.48. The van der Waals surface area contributed by atoms with Crippen molar-refractivity contribution in [2.75, 3.05) is 12.4 Å². The van der Waals surface area contributed by atoms with Crippen molar-refractivity contribution >= 4 is 11.7 Å². The Hall–Kier alpha value is -2.63. The average molecular weight is 340 g/mol. The molecule has 6 nitrogen and oxygen atoms in total. The fraction of sp³-hybridized carbons (Fsp3) is 0.421. The highest BCUT2D eigenvalue weighted by Crippen LogP contribution is 2.19. The van der Waals surface area contributed by atoms with Crippen LogP contribution in [0, 0.1) is 0 Å². The van der Waals surface area contributed by atoms with E-state index in [4.69, 9.17) is 4.74 Å².